The van der Waals surface area contributed by atoms with E-state index in [1.165, 1.54) is 11.1 Å². The molecule has 2 rings (SSSR count). The molecule has 2 N–H and O–H groups in total. The maximum absolute atomic E-state index is 5.81. The molecule has 0 aliphatic rings. The summed E-state index contributed by atoms with van der Waals surface area (Å²) in [6.07, 6.45) is 1.09. The van der Waals surface area contributed by atoms with Gasteiger partial charge in [-0.05, 0) is 43.4 Å². The molecule has 4 nitrogen and oxygen atoms in total. The molecule has 0 amide bonds. The van der Waals surface area contributed by atoms with E-state index < -0.39 is 0 Å². The Balaban J connectivity index is 2.41. The van der Waals surface area contributed by atoms with Crippen LogP contribution < -0.4 is 5.73 Å². The van der Waals surface area contributed by atoms with E-state index in [0.29, 0.717) is 12.5 Å². The Morgan fingerprint density at radius 1 is 1.20 bits per heavy atom. The first kappa shape index (κ1) is 14.7. The van der Waals surface area contributed by atoms with Gasteiger partial charge in [-0.3, -0.25) is 0 Å². The highest BCUT2D eigenvalue weighted by molar-refractivity contribution is 5.63. The van der Waals surface area contributed by atoms with Crippen LogP contribution in [0.25, 0.3) is 11.3 Å². The molecule has 1 heterocycles. The quantitative estimate of drug-likeness (QED) is 0.910. The predicted octanol–water partition coefficient (Wildman–Crippen LogP) is 3.07. The largest absolute Gasteiger partial charge is 0.325 e. The minimum Gasteiger partial charge on any atom is -0.325 e. The monoisotopic (exact) mass is 272 g/mol. The van der Waals surface area contributed by atoms with Crippen LogP contribution >= 0.6 is 0 Å². The highest BCUT2D eigenvalue weighted by atomic mass is 15.4. The van der Waals surface area contributed by atoms with Gasteiger partial charge in [0.25, 0.3) is 0 Å². The van der Waals surface area contributed by atoms with Crippen LogP contribution in [0.15, 0.2) is 18.2 Å². The van der Waals surface area contributed by atoms with Crippen LogP contribution in [-0.4, -0.2) is 15.0 Å². The number of aryl methyl sites for hydroxylation is 3. The molecule has 0 saturated heterocycles. The van der Waals surface area contributed by atoms with E-state index >= 15 is 0 Å². The molecule has 0 aliphatic carbocycles. The molecule has 0 aliphatic heterocycles. The Labute approximate surface area is 121 Å². The third kappa shape index (κ3) is 3.07. The van der Waals surface area contributed by atoms with Crippen molar-refractivity contribution >= 4 is 0 Å². The summed E-state index contributed by atoms with van der Waals surface area (Å²) in [7, 11) is 0. The number of rotatable bonds is 5. The Kier molecular flexibility index (Phi) is 4.55. The second kappa shape index (κ2) is 6.18. The van der Waals surface area contributed by atoms with Crippen LogP contribution in [-0.2, 0) is 13.1 Å². The first-order chi connectivity index (χ1) is 9.52. The van der Waals surface area contributed by atoms with Gasteiger partial charge < -0.3 is 5.73 Å². The predicted molar refractivity (Wildman–Crippen MR) is 82.3 cm³/mol. The van der Waals surface area contributed by atoms with Crippen molar-refractivity contribution in [1.29, 1.82) is 0 Å². The topological polar surface area (TPSA) is 56.7 Å². The summed E-state index contributed by atoms with van der Waals surface area (Å²) in [6, 6.07) is 6.47. The average Bonchev–Trinajstić information content (AvgIpc) is 2.82. The molecule has 108 valence electrons. The standard InChI is InChI=1S/C16H24N4/c1-11(2)7-8-20-16(15(10-17)18-19-20)14-6-5-12(3)13(4)9-14/h5-6,9,11H,7-8,10,17H2,1-4H3. The van der Waals surface area contributed by atoms with Crippen molar-refractivity contribution < 1.29 is 0 Å². The van der Waals surface area contributed by atoms with Gasteiger partial charge in [0.2, 0.25) is 0 Å². The van der Waals surface area contributed by atoms with Crippen LogP contribution in [0.4, 0.5) is 0 Å². The summed E-state index contributed by atoms with van der Waals surface area (Å²) in [5, 5.41) is 8.50. The minimum absolute atomic E-state index is 0.421. The maximum atomic E-state index is 5.81. The molecule has 0 spiro atoms. The Hall–Kier alpha value is -1.68. The lowest BCUT2D eigenvalue weighted by Crippen LogP contribution is -2.07. The van der Waals surface area contributed by atoms with Gasteiger partial charge in [-0.2, -0.15) is 0 Å². The average molecular weight is 272 g/mol. The zero-order valence-electron chi connectivity index (χ0n) is 12.8. The molecule has 0 fully saturated rings. The van der Waals surface area contributed by atoms with Crippen molar-refractivity contribution in [2.75, 3.05) is 0 Å². The molecule has 0 saturated carbocycles. The normalized spacial score (nSPS) is 11.3. The van der Waals surface area contributed by atoms with E-state index in [9.17, 15) is 0 Å². The zero-order chi connectivity index (χ0) is 14.7. The van der Waals surface area contributed by atoms with Gasteiger partial charge in [0.1, 0.15) is 5.69 Å². The zero-order valence-corrected chi connectivity index (χ0v) is 12.8. The highest BCUT2D eigenvalue weighted by Crippen LogP contribution is 2.25. The van der Waals surface area contributed by atoms with Crippen molar-refractivity contribution in [2.45, 2.75) is 47.2 Å². The van der Waals surface area contributed by atoms with Crippen molar-refractivity contribution in [3.63, 3.8) is 0 Å². The second-order valence-corrected chi connectivity index (χ2v) is 5.79. The van der Waals surface area contributed by atoms with Crippen molar-refractivity contribution in [3.8, 4) is 11.3 Å². The van der Waals surface area contributed by atoms with E-state index in [2.05, 4.69) is 56.2 Å². The van der Waals surface area contributed by atoms with Crippen molar-refractivity contribution in [1.82, 2.24) is 15.0 Å². The summed E-state index contributed by atoms with van der Waals surface area (Å²) in [5.41, 5.74) is 11.5. The van der Waals surface area contributed by atoms with Gasteiger partial charge in [-0.15, -0.1) is 5.10 Å². The number of nitrogens with zero attached hydrogens (tertiary/aromatic N) is 3. The first-order valence-corrected chi connectivity index (χ1v) is 7.23. The van der Waals surface area contributed by atoms with Gasteiger partial charge in [-0.25, -0.2) is 4.68 Å². The van der Waals surface area contributed by atoms with Gasteiger partial charge in [0.15, 0.2) is 0 Å². The lowest BCUT2D eigenvalue weighted by atomic mass is 10.0. The molecule has 1 aromatic carbocycles. The van der Waals surface area contributed by atoms with Crippen LogP contribution in [0.3, 0.4) is 0 Å². The number of aromatic nitrogens is 3. The number of nitrogens with two attached hydrogens (primary N) is 1. The number of hydrogen-bond donors (Lipinski definition) is 1. The number of hydrogen-bond acceptors (Lipinski definition) is 3. The van der Waals surface area contributed by atoms with Crippen LogP contribution in [0.5, 0.6) is 0 Å². The molecular formula is C16H24N4. The fourth-order valence-electron chi connectivity index (χ4n) is 2.23. The van der Waals surface area contributed by atoms with Crippen molar-refractivity contribution in [3.05, 3.63) is 35.0 Å². The van der Waals surface area contributed by atoms with Gasteiger partial charge in [-0.1, -0.05) is 31.2 Å². The maximum Gasteiger partial charge on any atom is 0.104 e. The smallest absolute Gasteiger partial charge is 0.104 e. The van der Waals surface area contributed by atoms with Crippen LogP contribution in [0, 0.1) is 19.8 Å². The lowest BCUT2D eigenvalue weighted by Gasteiger charge is -2.11. The summed E-state index contributed by atoms with van der Waals surface area (Å²) < 4.78 is 1.99. The van der Waals surface area contributed by atoms with E-state index in [-0.39, 0.29) is 0 Å². The molecule has 4 heteroatoms. The third-order valence-electron chi connectivity index (χ3n) is 3.70. The summed E-state index contributed by atoms with van der Waals surface area (Å²) in [4.78, 5) is 0. The Bertz CT molecular complexity index is 584. The van der Waals surface area contributed by atoms with Crippen molar-refractivity contribution in [2.24, 2.45) is 11.7 Å². The Morgan fingerprint density at radius 2 is 1.95 bits per heavy atom. The molecule has 0 radical (unpaired) electrons. The molecule has 20 heavy (non-hydrogen) atoms. The van der Waals surface area contributed by atoms with Crippen LogP contribution in [0.1, 0.15) is 37.1 Å². The fourth-order valence-corrected chi connectivity index (χ4v) is 2.23. The summed E-state index contributed by atoms with van der Waals surface area (Å²) >= 11 is 0. The molecule has 0 unspecified atom stereocenters. The molecule has 1 aromatic heterocycles. The van der Waals surface area contributed by atoms with Gasteiger partial charge in [0.05, 0.1) is 5.69 Å². The third-order valence-corrected chi connectivity index (χ3v) is 3.70. The SMILES string of the molecule is Cc1ccc(-c2c(CN)nnn2CCC(C)C)cc1C. The van der Waals surface area contributed by atoms with E-state index in [4.69, 9.17) is 5.73 Å². The number of benzene rings is 1. The molecule has 0 bridgehead atoms. The second-order valence-electron chi connectivity index (χ2n) is 5.79. The molecule has 2 aromatic rings. The first-order valence-electron chi connectivity index (χ1n) is 7.23. The summed E-state index contributed by atoms with van der Waals surface area (Å²) in [5.74, 6) is 0.646. The minimum atomic E-state index is 0.421. The fraction of sp³-hybridized carbons (Fsp3) is 0.500. The summed E-state index contributed by atoms with van der Waals surface area (Å²) in [6.45, 7) is 9.99. The molecular weight excluding hydrogens is 248 g/mol. The van der Waals surface area contributed by atoms with Crippen LogP contribution in [0.2, 0.25) is 0 Å². The van der Waals surface area contributed by atoms with E-state index in [1.807, 2.05) is 4.68 Å². The highest BCUT2D eigenvalue weighted by Gasteiger charge is 2.14. The Morgan fingerprint density at radius 3 is 2.55 bits per heavy atom. The lowest BCUT2D eigenvalue weighted by molar-refractivity contribution is 0.481. The molecule has 0 atom stereocenters. The van der Waals surface area contributed by atoms with E-state index in [1.54, 1.807) is 0 Å². The van der Waals surface area contributed by atoms with E-state index in [0.717, 1.165) is 29.9 Å². The van der Waals surface area contributed by atoms with Gasteiger partial charge >= 0.3 is 0 Å². The van der Waals surface area contributed by atoms with Gasteiger partial charge in [0, 0.05) is 18.7 Å².